The highest BCUT2D eigenvalue weighted by Gasteiger charge is 2.24. The summed E-state index contributed by atoms with van der Waals surface area (Å²) in [7, 11) is 0. The van der Waals surface area contributed by atoms with Crippen molar-refractivity contribution in [2.45, 2.75) is 39.3 Å². The molecule has 3 aromatic carbocycles. The quantitative estimate of drug-likeness (QED) is 0.335. The zero-order valence-electron chi connectivity index (χ0n) is 20.9. The molecule has 0 spiro atoms. The van der Waals surface area contributed by atoms with Gasteiger partial charge >= 0.3 is 6.09 Å². The number of carbonyl (C=O) groups is 2. The van der Waals surface area contributed by atoms with Crippen molar-refractivity contribution in [1.82, 2.24) is 4.90 Å². The third-order valence-corrected chi connectivity index (χ3v) is 5.76. The summed E-state index contributed by atoms with van der Waals surface area (Å²) < 4.78 is 11.7. The van der Waals surface area contributed by atoms with E-state index in [0.29, 0.717) is 44.8 Å². The van der Waals surface area contributed by atoms with Gasteiger partial charge in [0.1, 0.15) is 11.9 Å². The highest BCUT2D eigenvalue weighted by Crippen LogP contribution is 2.17. The minimum Gasteiger partial charge on any atom is -0.493 e. The van der Waals surface area contributed by atoms with E-state index in [2.05, 4.69) is 5.32 Å². The van der Waals surface area contributed by atoms with Gasteiger partial charge in [-0.1, -0.05) is 54.6 Å². The first kappa shape index (κ1) is 26.8. The van der Waals surface area contributed by atoms with Crippen LogP contribution in [0.25, 0.3) is 0 Å². The van der Waals surface area contributed by atoms with Crippen molar-refractivity contribution in [1.29, 1.82) is 0 Å². The summed E-state index contributed by atoms with van der Waals surface area (Å²) in [5.41, 5.74) is 3.69. The topological polar surface area (TPSA) is 88.1 Å². The molecule has 2 N–H and O–H groups in total. The van der Waals surface area contributed by atoms with Gasteiger partial charge in [0.2, 0.25) is 0 Å². The smallest absolute Gasteiger partial charge is 0.409 e. The highest BCUT2D eigenvalue weighted by atomic mass is 16.5. The van der Waals surface area contributed by atoms with E-state index in [-0.39, 0.29) is 5.91 Å². The van der Waals surface area contributed by atoms with E-state index in [1.807, 2.05) is 85.5 Å². The van der Waals surface area contributed by atoms with Crippen molar-refractivity contribution in [3.8, 4) is 5.75 Å². The standard InChI is InChI=1S/C29H34N2O5/c1-3-31(21-24-8-6-5-7-9-24)28(32)27(35-4-2)20-23-12-16-26(17-13-23)36-19-18-22-10-14-25(15-11-22)30-29(33)34/h5-17,27,30H,3-4,18-21H2,1-2H3,(H,33,34). The van der Waals surface area contributed by atoms with E-state index < -0.39 is 12.2 Å². The molecule has 190 valence electrons. The number of nitrogens with zero attached hydrogens (tertiary/aromatic N) is 1. The van der Waals surface area contributed by atoms with Gasteiger partial charge in [-0.3, -0.25) is 10.1 Å². The van der Waals surface area contributed by atoms with Crippen LogP contribution in [0.5, 0.6) is 5.75 Å². The number of likely N-dealkylation sites (N-methyl/N-ethyl adjacent to an activating group) is 1. The third-order valence-electron chi connectivity index (χ3n) is 5.76. The van der Waals surface area contributed by atoms with Crippen LogP contribution < -0.4 is 10.1 Å². The van der Waals surface area contributed by atoms with Crippen molar-refractivity contribution in [2.75, 3.05) is 25.1 Å². The second-order valence-corrected chi connectivity index (χ2v) is 8.36. The number of ether oxygens (including phenoxy) is 2. The molecule has 1 atom stereocenters. The lowest BCUT2D eigenvalue weighted by Crippen LogP contribution is -2.41. The molecule has 0 aromatic heterocycles. The molecule has 0 bridgehead atoms. The predicted molar refractivity (Wildman–Crippen MR) is 140 cm³/mol. The van der Waals surface area contributed by atoms with Crippen LogP contribution >= 0.6 is 0 Å². The van der Waals surface area contributed by atoms with Gasteiger partial charge in [-0.15, -0.1) is 0 Å². The first-order chi connectivity index (χ1) is 17.5. The van der Waals surface area contributed by atoms with Crippen molar-refractivity contribution in [2.24, 2.45) is 0 Å². The highest BCUT2D eigenvalue weighted by molar-refractivity contribution is 5.82. The SMILES string of the molecule is CCOC(Cc1ccc(OCCc2ccc(NC(=O)O)cc2)cc1)C(=O)N(CC)Cc1ccccc1. The van der Waals surface area contributed by atoms with Crippen LogP contribution in [0.2, 0.25) is 0 Å². The van der Waals surface area contributed by atoms with Crippen LogP contribution in [-0.4, -0.2) is 47.9 Å². The van der Waals surface area contributed by atoms with Gasteiger partial charge in [0.05, 0.1) is 6.61 Å². The second kappa shape index (κ2) is 13.9. The largest absolute Gasteiger partial charge is 0.493 e. The minimum atomic E-state index is -1.08. The lowest BCUT2D eigenvalue weighted by Gasteiger charge is -2.26. The number of benzene rings is 3. The van der Waals surface area contributed by atoms with Crippen molar-refractivity contribution >= 4 is 17.7 Å². The Bertz CT molecular complexity index is 1080. The Morgan fingerprint density at radius 1 is 0.889 bits per heavy atom. The Morgan fingerprint density at radius 2 is 1.56 bits per heavy atom. The fourth-order valence-corrected chi connectivity index (χ4v) is 3.87. The fraction of sp³-hybridized carbons (Fsp3) is 0.310. The summed E-state index contributed by atoms with van der Waals surface area (Å²) in [4.78, 5) is 25.7. The molecule has 36 heavy (non-hydrogen) atoms. The first-order valence-electron chi connectivity index (χ1n) is 12.2. The molecule has 3 rings (SSSR count). The number of nitrogens with one attached hydrogen (secondary N) is 1. The molecule has 0 radical (unpaired) electrons. The second-order valence-electron chi connectivity index (χ2n) is 8.36. The maximum absolute atomic E-state index is 13.2. The average molecular weight is 491 g/mol. The number of carbonyl (C=O) groups excluding carboxylic acids is 1. The Hall–Kier alpha value is -3.84. The normalized spacial score (nSPS) is 11.5. The Kier molecular flexibility index (Phi) is 10.3. The van der Waals surface area contributed by atoms with Crippen LogP contribution in [0.3, 0.4) is 0 Å². The van der Waals surface area contributed by atoms with Crippen LogP contribution in [0.1, 0.15) is 30.5 Å². The van der Waals surface area contributed by atoms with Crippen molar-refractivity contribution < 1.29 is 24.2 Å². The van der Waals surface area contributed by atoms with E-state index in [4.69, 9.17) is 14.6 Å². The summed E-state index contributed by atoms with van der Waals surface area (Å²) in [5, 5.41) is 11.1. The monoisotopic (exact) mass is 490 g/mol. The number of amides is 2. The summed E-state index contributed by atoms with van der Waals surface area (Å²) >= 11 is 0. The summed E-state index contributed by atoms with van der Waals surface area (Å²) in [5.74, 6) is 0.745. The minimum absolute atomic E-state index is 0.00639. The Morgan fingerprint density at radius 3 is 2.17 bits per heavy atom. The maximum Gasteiger partial charge on any atom is 0.409 e. The lowest BCUT2D eigenvalue weighted by atomic mass is 10.1. The third kappa shape index (κ3) is 8.43. The maximum atomic E-state index is 13.2. The lowest BCUT2D eigenvalue weighted by molar-refractivity contribution is -0.143. The molecule has 0 heterocycles. The van der Waals surface area contributed by atoms with Gasteiger partial charge in [0.25, 0.3) is 5.91 Å². The van der Waals surface area contributed by atoms with Gasteiger partial charge in [-0.25, -0.2) is 4.79 Å². The molecule has 0 saturated carbocycles. The van der Waals surface area contributed by atoms with E-state index in [0.717, 1.165) is 22.4 Å². The molecular weight excluding hydrogens is 456 g/mol. The van der Waals surface area contributed by atoms with E-state index in [1.54, 1.807) is 12.1 Å². The number of rotatable bonds is 13. The number of anilines is 1. The zero-order valence-corrected chi connectivity index (χ0v) is 20.9. The van der Waals surface area contributed by atoms with E-state index >= 15 is 0 Å². The van der Waals surface area contributed by atoms with Gasteiger partial charge in [-0.2, -0.15) is 0 Å². The van der Waals surface area contributed by atoms with Crippen LogP contribution in [-0.2, 0) is 28.9 Å². The number of hydrogen-bond acceptors (Lipinski definition) is 4. The number of hydrogen-bond donors (Lipinski definition) is 2. The molecule has 0 aliphatic heterocycles. The van der Waals surface area contributed by atoms with Crippen LogP contribution in [0.15, 0.2) is 78.9 Å². The molecule has 7 nitrogen and oxygen atoms in total. The molecule has 0 saturated heterocycles. The molecule has 7 heteroatoms. The average Bonchev–Trinajstić information content (AvgIpc) is 2.89. The molecule has 0 aliphatic rings. The van der Waals surface area contributed by atoms with Gasteiger partial charge in [0.15, 0.2) is 0 Å². The van der Waals surface area contributed by atoms with Gasteiger partial charge in [-0.05, 0) is 54.8 Å². The van der Waals surface area contributed by atoms with Crippen LogP contribution in [0, 0.1) is 0 Å². The van der Waals surface area contributed by atoms with Gasteiger partial charge < -0.3 is 19.5 Å². The molecule has 0 aliphatic carbocycles. The summed E-state index contributed by atoms with van der Waals surface area (Å²) in [6, 6.07) is 24.9. The van der Waals surface area contributed by atoms with E-state index in [1.165, 1.54) is 0 Å². The van der Waals surface area contributed by atoms with E-state index in [9.17, 15) is 9.59 Å². The first-order valence-corrected chi connectivity index (χ1v) is 12.2. The molecule has 2 amide bonds. The predicted octanol–water partition coefficient (Wildman–Crippen LogP) is 5.39. The summed E-state index contributed by atoms with van der Waals surface area (Å²) in [6.45, 7) is 6.02. The van der Waals surface area contributed by atoms with Crippen LogP contribution in [0.4, 0.5) is 10.5 Å². The van der Waals surface area contributed by atoms with Gasteiger partial charge in [0, 0.05) is 38.2 Å². The molecule has 3 aromatic rings. The zero-order chi connectivity index (χ0) is 25.8. The Labute approximate surface area is 212 Å². The summed E-state index contributed by atoms with van der Waals surface area (Å²) in [6.07, 6.45) is -0.426. The fourth-order valence-electron chi connectivity index (χ4n) is 3.87. The van der Waals surface area contributed by atoms with Crippen molar-refractivity contribution in [3.63, 3.8) is 0 Å². The molecule has 0 fully saturated rings. The molecular formula is C29H34N2O5. The number of carboxylic acid groups (broad SMARTS) is 1. The Balaban J connectivity index is 1.52. The molecule has 1 unspecified atom stereocenters. The van der Waals surface area contributed by atoms with Crippen molar-refractivity contribution in [3.05, 3.63) is 95.6 Å².